The smallest absolute Gasteiger partial charge is 0.265 e. The quantitative estimate of drug-likeness (QED) is 0.776. The van der Waals surface area contributed by atoms with Gasteiger partial charge in [0.2, 0.25) is 0 Å². The van der Waals surface area contributed by atoms with Crippen molar-refractivity contribution < 1.29 is 9.90 Å². The number of nitrogens with one attached hydrogen (secondary N) is 1. The molecule has 3 rings (SSSR count). The monoisotopic (exact) mass is 265 g/mol. The molecule has 5 nitrogen and oxygen atoms in total. The zero-order chi connectivity index (χ0) is 14.3. The van der Waals surface area contributed by atoms with Crippen LogP contribution < -0.4 is 5.32 Å². The van der Waals surface area contributed by atoms with Crippen molar-refractivity contribution in [3.8, 4) is 0 Å². The summed E-state index contributed by atoms with van der Waals surface area (Å²) in [6.07, 6.45) is 1.60. The van der Waals surface area contributed by atoms with Crippen LogP contribution >= 0.6 is 0 Å². The summed E-state index contributed by atoms with van der Waals surface area (Å²) in [5.74, 6) is -0.522. The Bertz CT molecular complexity index is 764. The van der Waals surface area contributed by atoms with Gasteiger partial charge >= 0.3 is 0 Å². The lowest BCUT2D eigenvalue weighted by molar-refractivity contribution is -0.129. The van der Waals surface area contributed by atoms with E-state index in [1.807, 2.05) is 0 Å². The molecule has 0 spiro atoms. The highest BCUT2D eigenvalue weighted by molar-refractivity contribution is 6.07. The third-order valence-corrected chi connectivity index (χ3v) is 3.50. The fourth-order valence-corrected chi connectivity index (χ4v) is 2.48. The number of carbonyl (C=O) groups excluding carboxylic acids is 1. The van der Waals surface area contributed by atoms with E-state index in [2.05, 4.69) is 15.1 Å². The van der Waals surface area contributed by atoms with Gasteiger partial charge in [-0.25, -0.2) is 4.85 Å². The Kier molecular flexibility index (Phi) is 2.56. The fraction of sp³-hybridized carbons (Fsp3) is 0.133. The maximum atomic E-state index is 12.2. The molecule has 0 fully saturated rings. The molecular formula is C15H11N3O2. The van der Waals surface area contributed by atoms with Crippen LogP contribution in [0.1, 0.15) is 16.8 Å². The molecule has 1 unspecified atom stereocenters. The van der Waals surface area contributed by atoms with Crippen LogP contribution in [0, 0.1) is 13.5 Å². The van der Waals surface area contributed by atoms with E-state index in [0.717, 1.165) is 0 Å². The fourth-order valence-electron chi connectivity index (χ4n) is 2.48. The van der Waals surface area contributed by atoms with Gasteiger partial charge in [-0.15, -0.1) is 0 Å². The maximum absolute atomic E-state index is 12.2. The van der Waals surface area contributed by atoms with E-state index < -0.39 is 11.5 Å². The highest BCUT2D eigenvalue weighted by atomic mass is 16.3. The summed E-state index contributed by atoms with van der Waals surface area (Å²) in [4.78, 5) is 19.7. The summed E-state index contributed by atoms with van der Waals surface area (Å²) in [6.45, 7) is 8.79. The van der Waals surface area contributed by atoms with Crippen LogP contribution in [0.15, 0.2) is 36.5 Å². The SMILES string of the molecule is [C-]#[N+]c1ccc2c(c1)C(O)(c1cccnc1C)C(=O)N2. The number of carbonyl (C=O) groups is 1. The van der Waals surface area contributed by atoms with Crippen molar-refractivity contribution in [1.82, 2.24) is 4.98 Å². The molecule has 0 bridgehead atoms. The molecule has 0 radical (unpaired) electrons. The predicted molar refractivity (Wildman–Crippen MR) is 73.3 cm³/mol. The Hall–Kier alpha value is -2.71. The first-order valence-corrected chi connectivity index (χ1v) is 6.05. The zero-order valence-electron chi connectivity index (χ0n) is 10.7. The summed E-state index contributed by atoms with van der Waals surface area (Å²) < 4.78 is 0. The zero-order valence-corrected chi connectivity index (χ0v) is 10.7. The number of nitrogens with zero attached hydrogens (tertiary/aromatic N) is 2. The van der Waals surface area contributed by atoms with Crippen LogP contribution in [-0.2, 0) is 10.4 Å². The molecule has 1 amide bonds. The number of hydrogen-bond acceptors (Lipinski definition) is 3. The summed E-state index contributed by atoms with van der Waals surface area (Å²) >= 11 is 0. The summed E-state index contributed by atoms with van der Waals surface area (Å²) in [7, 11) is 0. The molecule has 0 aliphatic carbocycles. The van der Waals surface area contributed by atoms with Crippen LogP contribution in [0.3, 0.4) is 0 Å². The maximum Gasteiger partial charge on any atom is 0.265 e. The summed E-state index contributed by atoms with van der Waals surface area (Å²) in [5, 5.41) is 13.6. The predicted octanol–water partition coefficient (Wildman–Crippen LogP) is 2.13. The second-order valence-corrected chi connectivity index (χ2v) is 4.64. The summed E-state index contributed by atoms with van der Waals surface area (Å²) in [6, 6.07) is 8.11. The molecule has 0 saturated heterocycles. The highest BCUT2D eigenvalue weighted by Crippen LogP contribution is 2.43. The molecule has 2 N–H and O–H groups in total. The molecule has 5 heteroatoms. The largest absolute Gasteiger partial charge is 0.372 e. The van der Waals surface area contributed by atoms with Crippen LogP contribution in [0.5, 0.6) is 0 Å². The van der Waals surface area contributed by atoms with E-state index in [9.17, 15) is 9.90 Å². The normalized spacial score (nSPS) is 20.1. The minimum Gasteiger partial charge on any atom is -0.372 e. The van der Waals surface area contributed by atoms with E-state index in [-0.39, 0.29) is 0 Å². The minimum absolute atomic E-state index is 0.375. The van der Waals surface area contributed by atoms with Gasteiger partial charge in [0, 0.05) is 28.7 Å². The van der Waals surface area contributed by atoms with E-state index >= 15 is 0 Å². The molecule has 2 heterocycles. The van der Waals surface area contributed by atoms with Crippen LogP contribution in [0.4, 0.5) is 11.4 Å². The second kappa shape index (κ2) is 4.15. The van der Waals surface area contributed by atoms with Gasteiger partial charge in [-0.05, 0) is 25.1 Å². The van der Waals surface area contributed by atoms with Crippen LogP contribution in [0.25, 0.3) is 4.85 Å². The van der Waals surface area contributed by atoms with E-state index in [1.54, 1.807) is 37.4 Å². The van der Waals surface area contributed by atoms with Gasteiger partial charge in [0.15, 0.2) is 11.3 Å². The van der Waals surface area contributed by atoms with Gasteiger partial charge in [0.05, 0.1) is 6.57 Å². The molecule has 98 valence electrons. The highest BCUT2D eigenvalue weighted by Gasteiger charge is 2.47. The van der Waals surface area contributed by atoms with Crippen molar-refractivity contribution in [3.05, 3.63) is 64.8 Å². The third-order valence-electron chi connectivity index (χ3n) is 3.50. The molecular weight excluding hydrogens is 254 g/mol. The van der Waals surface area contributed by atoms with Crippen LogP contribution in [0.2, 0.25) is 0 Å². The summed E-state index contributed by atoms with van der Waals surface area (Å²) in [5.41, 5.74) is 0.499. The van der Waals surface area contributed by atoms with Crippen molar-refractivity contribution in [2.24, 2.45) is 0 Å². The van der Waals surface area contributed by atoms with E-state index in [0.29, 0.717) is 28.2 Å². The van der Waals surface area contributed by atoms with Gasteiger partial charge in [0.1, 0.15) is 0 Å². The number of aryl methyl sites for hydroxylation is 1. The lowest BCUT2D eigenvalue weighted by Gasteiger charge is -2.22. The molecule has 2 aromatic rings. The van der Waals surface area contributed by atoms with Crippen molar-refractivity contribution >= 4 is 17.3 Å². The number of fused-ring (bicyclic) bond motifs is 1. The number of hydrogen-bond donors (Lipinski definition) is 2. The van der Waals surface area contributed by atoms with E-state index in [1.165, 1.54) is 6.07 Å². The first-order chi connectivity index (χ1) is 9.57. The van der Waals surface area contributed by atoms with Gasteiger partial charge in [0.25, 0.3) is 5.91 Å². The Labute approximate surface area is 115 Å². The average molecular weight is 265 g/mol. The lowest BCUT2D eigenvalue weighted by Crippen LogP contribution is -2.36. The minimum atomic E-state index is -1.80. The number of benzene rings is 1. The molecule has 1 aliphatic heterocycles. The van der Waals surface area contributed by atoms with Gasteiger partial charge in [-0.3, -0.25) is 9.78 Å². The Balaban J connectivity index is 2.28. The van der Waals surface area contributed by atoms with Gasteiger partial charge in [-0.1, -0.05) is 12.1 Å². The average Bonchev–Trinajstić information content (AvgIpc) is 2.71. The number of rotatable bonds is 1. The first-order valence-electron chi connectivity index (χ1n) is 6.05. The number of anilines is 1. The van der Waals surface area contributed by atoms with Crippen molar-refractivity contribution in [3.63, 3.8) is 0 Å². The molecule has 1 atom stereocenters. The van der Waals surface area contributed by atoms with Gasteiger partial charge < -0.3 is 10.4 Å². The standard InChI is InChI=1S/C15H11N3O2/c1-9-11(4-3-7-17-9)15(20)12-8-10(16-2)5-6-13(12)18-14(15)19/h3-8,20H,1H3,(H,18,19). The topological polar surface area (TPSA) is 66.6 Å². The lowest BCUT2D eigenvalue weighted by atomic mass is 9.86. The number of amides is 1. The van der Waals surface area contributed by atoms with Crippen molar-refractivity contribution in [2.45, 2.75) is 12.5 Å². The van der Waals surface area contributed by atoms with Crippen LogP contribution in [-0.4, -0.2) is 16.0 Å². The van der Waals surface area contributed by atoms with Gasteiger partial charge in [-0.2, -0.15) is 0 Å². The Morgan fingerprint density at radius 1 is 1.35 bits per heavy atom. The van der Waals surface area contributed by atoms with E-state index in [4.69, 9.17) is 6.57 Å². The molecule has 20 heavy (non-hydrogen) atoms. The molecule has 1 aliphatic rings. The van der Waals surface area contributed by atoms with Crippen molar-refractivity contribution in [1.29, 1.82) is 0 Å². The molecule has 1 aromatic carbocycles. The Morgan fingerprint density at radius 3 is 2.85 bits per heavy atom. The molecule has 0 saturated carbocycles. The van der Waals surface area contributed by atoms with Crippen molar-refractivity contribution in [2.75, 3.05) is 5.32 Å². The Morgan fingerprint density at radius 2 is 2.15 bits per heavy atom. The second-order valence-electron chi connectivity index (χ2n) is 4.64. The third kappa shape index (κ3) is 1.52. The molecule has 1 aromatic heterocycles. The number of pyridine rings is 1. The number of aliphatic hydroxyl groups is 1. The first kappa shape index (κ1) is 12.3. The number of aromatic nitrogens is 1.